The highest BCUT2D eigenvalue weighted by Crippen LogP contribution is 2.39. The van der Waals surface area contributed by atoms with Crippen LogP contribution in [0.3, 0.4) is 0 Å². The molecule has 10 heteroatoms. The molecule has 0 aromatic heterocycles. The summed E-state index contributed by atoms with van der Waals surface area (Å²) in [5.74, 6) is -0.407. The fraction of sp³-hybridized carbons (Fsp3) is 0.938. The molecule has 1 fully saturated rings. The highest BCUT2D eigenvalue weighted by molar-refractivity contribution is 7.91. The maximum atomic E-state index is 12.5. The molecule has 0 saturated carbocycles. The molecule has 0 spiro atoms. The molecule has 0 aromatic carbocycles. The van der Waals surface area contributed by atoms with E-state index in [0.717, 1.165) is 0 Å². The van der Waals surface area contributed by atoms with Crippen molar-refractivity contribution in [3.63, 3.8) is 0 Å². The van der Waals surface area contributed by atoms with Crippen LogP contribution in [0.25, 0.3) is 0 Å². The molecule has 8 nitrogen and oxygen atoms in total. The van der Waals surface area contributed by atoms with Gasteiger partial charge in [0, 0.05) is 13.7 Å². The molecular formula is C16H31ClN2O6S. The number of sulfone groups is 1. The molecule has 26 heavy (non-hydrogen) atoms. The lowest BCUT2D eigenvalue weighted by molar-refractivity contribution is -0.133. The van der Waals surface area contributed by atoms with Gasteiger partial charge in [0.05, 0.1) is 44.5 Å². The Morgan fingerprint density at radius 3 is 2.00 bits per heavy atom. The molecule has 1 aliphatic heterocycles. The van der Waals surface area contributed by atoms with Crippen LogP contribution in [0.15, 0.2) is 0 Å². The van der Waals surface area contributed by atoms with Crippen LogP contribution < -0.4 is 0 Å². The van der Waals surface area contributed by atoms with Gasteiger partial charge in [-0.1, -0.05) is 0 Å². The SMILES string of the molecule is COCCOCCOCCS(=O)(=O)CCN1C(=O)C(C)(C)N(Cl)C1(C)C. The van der Waals surface area contributed by atoms with Gasteiger partial charge in [0.25, 0.3) is 0 Å². The van der Waals surface area contributed by atoms with Crippen LogP contribution in [0, 0.1) is 0 Å². The summed E-state index contributed by atoms with van der Waals surface area (Å²) in [6.07, 6.45) is 0. The standard InChI is InChI=1S/C16H31ClN2O6S/c1-15(2)14(20)18(16(3,4)19(15)17)6-12-26(21,22)13-11-25-10-9-24-8-7-23-5/h6-13H2,1-5H3. The van der Waals surface area contributed by atoms with Gasteiger partial charge in [-0.05, 0) is 39.5 Å². The summed E-state index contributed by atoms with van der Waals surface area (Å²) in [5, 5.41) is 0. The van der Waals surface area contributed by atoms with Gasteiger partial charge in [-0.3, -0.25) is 4.79 Å². The Hall–Kier alpha value is -0.450. The number of ether oxygens (including phenoxy) is 3. The van der Waals surface area contributed by atoms with Crippen molar-refractivity contribution in [2.45, 2.75) is 38.9 Å². The molecule has 1 saturated heterocycles. The van der Waals surface area contributed by atoms with Crippen molar-refractivity contribution in [2.24, 2.45) is 0 Å². The second-order valence-corrected chi connectivity index (χ2v) is 9.80. The lowest BCUT2D eigenvalue weighted by Crippen LogP contribution is -2.48. The van der Waals surface area contributed by atoms with Crippen LogP contribution in [0.4, 0.5) is 0 Å². The first-order valence-corrected chi connectivity index (χ1v) is 10.8. The zero-order valence-electron chi connectivity index (χ0n) is 16.3. The first-order valence-electron chi connectivity index (χ1n) is 8.60. The second kappa shape index (κ2) is 9.66. The van der Waals surface area contributed by atoms with E-state index in [4.69, 9.17) is 26.0 Å². The number of nitrogens with zero attached hydrogens (tertiary/aromatic N) is 2. The highest BCUT2D eigenvalue weighted by atomic mass is 35.5. The van der Waals surface area contributed by atoms with E-state index in [2.05, 4.69) is 0 Å². The third kappa shape index (κ3) is 6.03. The lowest BCUT2D eigenvalue weighted by Gasteiger charge is -2.35. The predicted octanol–water partition coefficient (Wildman–Crippen LogP) is 0.894. The largest absolute Gasteiger partial charge is 0.382 e. The van der Waals surface area contributed by atoms with Gasteiger partial charge in [0.1, 0.15) is 11.2 Å². The van der Waals surface area contributed by atoms with Crippen molar-refractivity contribution < 1.29 is 27.4 Å². The molecular weight excluding hydrogens is 384 g/mol. The average molecular weight is 415 g/mol. The molecule has 1 rings (SSSR count). The van der Waals surface area contributed by atoms with Crippen molar-refractivity contribution in [2.75, 3.05) is 58.2 Å². The van der Waals surface area contributed by atoms with E-state index >= 15 is 0 Å². The molecule has 0 N–H and O–H groups in total. The molecule has 0 aliphatic carbocycles. The van der Waals surface area contributed by atoms with Crippen molar-refractivity contribution in [3.8, 4) is 0 Å². The van der Waals surface area contributed by atoms with Crippen LogP contribution in [0.1, 0.15) is 27.7 Å². The minimum atomic E-state index is -3.34. The molecule has 1 amide bonds. The Morgan fingerprint density at radius 1 is 0.962 bits per heavy atom. The molecule has 0 atom stereocenters. The van der Waals surface area contributed by atoms with Gasteiger partial charge in [-0.2, -0.15) is 4.42 Å². The first-order chi connectivity index (χ1) is 12.0. The number of halogens is 1. The number of carbonyl (C=O) groups excluding carboxylic acids is 1. The van der Waals surface area contributed by atoms with Gasteiger partial charge in [-0.15, -0.1) is 0 Å². The van der Waals surface area contributed by atoms with Crippen molar-refractivity contribution in [1.82, 2.24) is 9.32 Å². The van der Waals surface area contributed by atoms with Gasteiger partial charge >= 0.3 is 0 Å². The maximum absolute atomic E-state index is 12.5. The third-order valence-electron chi connectivity index (χ3n) is 4.37. The number of carbonyl (C=O) groups is 1. The minimum absolute atomic E-state index is 0.0957. The van der Waals surface area contributed by atoms with Crippen molar-refractivity contribution in [3.05, 3.63) is 0 Å². The van der Waals surface area contributed by atoms with Crippen LogP contribution in [-0.2, 0) is 28.8 Å². The minimum Gasteiger partial charge on any atom is -0.382 e. The van der Waals surface area contributed by atoms with E-state index in [0.29, 0.717) is 26.4 Å². The highest BCUT2D eigenvalue weighted by Gasteiger charge is 2.56. The maximum Gasteiger partial charge on any atom is 0.245 e. The summed E-state index contributed by atoms with van der Waals surface area (Å²) in [4.78, 5) is 14.1. The van der Waals surface area contributed by atoms with E-state index < -0.39 is 21.0 Å². The predicted molar refractivity (Wildman–Crippen MR) is 99.7 cm³/mol. The number of rotatable bonds is 12. The van der Waals surface area contributed by atoms with E-state index in [1.54, 1.807) is 34.8 Å². The average Bonchev–Trinajstić information content (AvgIpc) is 2.66. The number of hydrogen-bond acceptors (Lipinski definition) is 7. The molecule has 0 unspecified atom stereocenters. The van der Waals surface area contributed by atoms with E-state index in [1.165, 1.54) is 9.32 Å². The van der Waals surface area contributed by atoms with Crippen LogP contribution >= 0.6 is 11.8 Å². The van der Waals surface area contributed by atoms with Gasteiger partial charge < -0.3 is 19.1 Å². The van der Waals surface area contributed by atoms with Gasteiger partial charge in [0.2, 0.25) is 5.91 Å². The molecule has 154 valence electrons. The molecule has 0 aromatic rings. The van der Waals surface area contributed by atoms with Crippen LogP contribution in [0.5, 0.6) is 0 Å². The quantitative estimate of drug-likeness (QED) is 0.346. The summed E-state index contributed by atoms with van der Waals surface area (Å²) in [6.45, 7) is 8.94. The Labute approximate surface area is 161 Å². The van der Waals surface area contributed by atoms with Crippen molar-refractivity contribution >= 4 is 27.5 Å². The second-order valence-electron chi connectivity index (χ2n) is 7.16. The summed E-state index contributed by atoms with van der Waals surface area (Å²) in [7, 11) is -1.75. The third-order valence-corrected chi connectivity index (χ3v) is 6.80. The fourth-order valence-corrected chi connectivity index (χ4v) is 4.01. The van der Waals surface area contributed by atoms with E-state index in [9.17, 15) is 13.2 Å². The monoisotopic (exact) mass is 414 g/mol. The first kappa shape index (κ1) is 23.6. The number of hydrogen-bond donors (Lipinski definition) is 0. The molecule has 0 radical (unpaired) electrons. The van der Waals surface area contributed by atoms with Crippen molar-refractivity contribution in [1.29, 1.82) is 0 Å². The zero-order chi connectivity index (χ0) is 20.0. The topological polar surface area (TPSA) is 85.4 Å². The summed E-state index contributed by atoms with van der Waals surface area (Å²) in [6, 6.07) is 0. The normalized spacial score (nSPS) is 20.1. The zero-order valence-corrected chi connectivity index (χ0v) is 17.9. The Morgan fingerprint density at radius 2 is 1.50 bits per heavy atom. The van der Waals surface area contributed by atoms with E-state index in [-0.39, 0.29) is 30.6 Å². The molecule has 0 bridgehead atoms. The number of methoxy groups -OCH3 is 1. The fourth-order valence-electron chi connectivity index (χ4n) is 2.81. The summed E-state index contributed by atoms with van der Waals surface area (Å²) < 4.78 is 41.2. The van der Waals surface area contributed by atoms with Gasteiger partial charge in [0.15, 0.2) is 9.84 Å². The lowest BCUT2D eigenvalue weighted by atomic mass is 10.1. The summed E-state index contributed by atoms with van der Waals surface area (Å²) >= 11 is 6.28. The van der Waals surface area contributed by atoms with Crippen LogP contribution in [0.2, 0.25) is 0 Å². The van der Waals surface area contributed by atoms with E-state index in [1.807, 2.05) is 0 Å². The number of amides is 1. The Balaban J connectivity index is 2.38. The smallest absolute Gasteiger partial charge is 0.245 e. The summed E-state index contributed by atoms with van der Waals surface area (Å²) in [5.41, 5.74) is -1.63. The van der Waals surface area contributed by atoms with Crippen LogP contribution in [-0.4, -0.2) is 93.0 Å². The van der Waals surface area contributed by atoms with Gasteiger partial charge in [-0.25, -0.2) is 8.42 Å². The molecule has 1 heterocycles. The Kier molecular flexibility index (Phi) is 8.76. The molecule has 1 aliphatic rings. The Bertz CT molecular complexity index is 567.